The summed E-state index contributed by atoms with van der Waals surface area (Å²) >= 11 is 0. The van der Waals surface area contributed by atoms with E-state index >= 15 is 0 Å². The Morgan fingerprint density at radius 3 is 2.67 bits per heavy atom. The van der Waals surface area contributed by atoms with Crippen molar-refractivity contribution in [3.05, 3.63) is 29.8 Å². The van der Waals surface area contributed by atoms with Gasteiger partial charge in [-0.15, -0.1) is 0 Å². The van der Waals surface area contributed by atoms with Crippen LogP contribution in [0, 0.1) is 5.95 Å². The monoisotopic (exact) mass is 168 g/mol. The second kappa shape index (κ2) is 2.50. The van der Waals surface area contributed by atoms with Gasteiger partial charge in [0.25, 0.3) is 0 Å². The zero-order valence-corrected chi connectivity index (χ0v) is 6.46. The maximum absolute atomic E-state index is 12.4. The van der Waals surface area contributed by atoms with Crippen LogP contribution < -0.4 is 5.73 Å². The van der Waals surface area contributed by atoms with Crippen molar-refractivity contribution in [2.75, 3.05) is 13.2 Å². The number of hydrogen-bond donors (Lipinski definition) is 1. The van der Waals surface area contributed by atoms with E-state index in [0.29, 0.717) is 13.2 Å². The molecule has 0 unspecified atom stereocenters. The topological polar surface area (TPSA) is 48.1 Å². The first-order valence-corrected chi connectivity index (χ1v) is 3.69. The van der Waals surface area contributed by atoms with Crippen molar-refractivity contribution < 1.29 is 9.13 Å². The Morgan fingerprint density at radius 1 is 1.50 bits per heavy atom. The summed E-state index contributed by atoms with van der Waals surface area (Å²) in [6, 6.07) is 2.95. The minimum Gasteiger partial charge on any atom is -0.377 e. The summed E-state index contributed by atoms with van der Waals surface area (Å²) in [5, 5.41) is 0. The van der Waals surface area contributed by atoms with Crippen LogP contribution in [0.25, 0.3) is 0 Å². The molecule has 0 radical (unpaired) electrons. The fraction of sp³-hybridized carbons (Fsp3) is 0.375. The van der Waals surface area contributed by atoms with Crippen LogP contribution >= 0.6 is 0 Å². The average molecular weight is 168 g/mol. The molecule has 1 aliphatic rings. The van der Waals surface area contributed by atoms with E-state index < -0.39 is 11.5 Å². The number of pyridine rings is 1. The summed E-state index contributed by atoms with van der Waals surface area (Å²) in [6.45, 7) is 0.973. The van der Waals surface area contributed by atoms with E-state index in [1.165, 1.54) is 12.3 Å². The number of aromatic nitrogens is 1. The van der Waals surface area contributed by atoms with Gasteiger partial charge in [0.1, 0.15) is 0 Å². The summed E-state index contributed by atoms with van der Waals surface area (Å²) < 4.78 is 17.4. The van der Waals surface area contributed by atoms with Gasteiger partial charge < -0.3 is 10.5 Å². The summed E-state index contributed by atoms with van der Waals surface area (Å²) in [5.41, 5.74) is 6.27. The molecule has 0 aromatic carbocycles. The first-order valence-electron chi connectivity index (χ1n) is 3.69. The standard InChI is InChI=1S/C8H9FN2O/c9-7-2-1-6(3-11-7)8(10)4-12-5-8/h1-3H,4-5,10H2. The SMILES string of the molecule is NC1(c2ccc(F)nc2)COC1. The van der Waals surface area contributed by atoms with E-state index in [1.54, 1.807) is 6.07 Å². The van der Waals surface area contributed by atoms with Crippen molar-refractivity contribution in [2.45, 2.75) is 5.54 Å². The number of rotatable bonds is 1. The predicted molar refractivity (Wildman–Crippen MR) is 40.9 cm³/mol. The molecule has 1 aromatic rings. The van der Waals surface area contributed by atoms with Crippen LogP contribution in [0.5, 0.6) is 0 Å². The van der Waals surface area contributed by atoms with Gasteiger partial charge in [0.05, 0.1) is 18.8 Å². The zero-order valence-electron chi connectivity index (χ0n) is 6.46. The van der Waals surface area contributed by atoms with Crippen LogP contribution in [0.1, 0.15) is 5.56 Å². The van der Waals surface area contributed by atoms with Gasteiger partial charge >= 0.3 is 0 Å². The molecule has 2 heterocycles. The van der Waals surface area contributed by atoms with E-state index in [0.717, 1.165) is 5.56 Å². The lowest BCUT2D eigenvalue weighted by atomic mass is 9.91. The number of halogens is 1. The first-order chi connectivity index (χ1) is 5.71. The molecule has 0 atom stereocenters. The van der Waals surface area contributed by atoms with Gasteiger partial charge in [0.15, 0.2) is 0 Å². The summed E-state index contributed by atoms with van der Waals surface area (Å²) in [6.07, 6.45) is 1.46. The van der Waals surface area contributed by atoms with Crippen molar-refractivity contribution >= 4 is 0 Å². The second-order valence-electron chi connectivity index (χ2n) is 3.02. The van der Waals surface area contributed by atoms with Gasteiger partial charge in [-0.1, -0.05) is 6.07 Å². The van der Waals surface area contributed by atoms with Crippen LogP contribution in [0.4, 0.5) is 4.39 Å². The molecule has 0 bridgehead atoms. The Morgan fingerprint density at radius 2 is 2.25 bits per heavy atom. The smallest absolute Gasteiger partial charge is 0.212 e. The molecule has 64 valence electrons. The lowest BCUT2D eigenvalue weighted by molar-refractivity contribution is -0.0571. The van der Waals surface area contributed by atoms with Crippen molar-refractivity contribution in [1.29, 1.82) is 0 Å². The molecule has 0 spiro atoms. The number of nitrogens with zero attached hydrogens (tertiary/aromatic N) is 1. The predicted octanol–water partition coefficient (Wildman–Crippen LogP) is 0.405. The van der Waals surface area contributed by atoms with Crippen molar-refractivity contribution in [3.63, 3.8) is 0 Å². The highest BCUT2D eigenvalue weighted by Gasteiger charge is 2.36. The van der Waals surface area contributed by atoms with Gasteiger partial charge in [-0.25, -0.2) is 4.98 Å². The number of nitrogens with two attached hydrogens (primary N) is 1. The van der Waals surface area contributed by atoms with Crippen molar-refractivity contribution in [1.82, 2.24) is 4.98 Å². The molecular formula is C8H9FN2O. The average Bonchev–Trinajstić information content (AvgIpc) is 2.02. The summed E-state index contributed by atoms with van der Waals surface area (Å²) in [7, 11) is 0. The zero-order chi connectivity index (χ0) is 8.60. The van der Waals surface area contributed by atoms with E-state index in [9.17, 15) is 4.39 Å². The molecule has 12 heavy (non-hydrogen) atoms. The van der Waals surface area contributed by atoms with Crippen LogP contribution in [0.2, 0.25) is 0 Å². The second-order valence-corrected chi connectivity index (χ2v) is 3.02. The van der Waals surface area contributed by atoms with E-state index in [4.69, 9.17) is 10.5 Å². The molecule has 0 aliphatic carbocycles. The molecule has 4 heteroatoms. The molecule has 1 aromatic heterocycles. The highest BCUT2D eigenvalue weighted by Crippen LogP contribution is 2.25. The normalized spacial score (nSPS) is 20.2. The van der Waals surface area contributed by atoms with Crippen LogP contribution in [0.3, 0.4) is 0 Å². The molecule has 0 saturated carbocycles. The van der Waals surface area contributed by atoms with Crippen LogP contribution in [-0.4, -0.2) is 18.2 Å². The fourth-order valence-electron chi connectivity index (χ4n) is 1.16. The third-order valence-electron chi connectivity index (χ3n) is 2.02. The van der Waals surface area contributed by atoms with Crippen LogP contribution in [-0.2, 0) is 10.3 Å². The largest absolute Gasteiger partial charge is 0.377 e. The summed E-state index contributed by atoms with van der Waals surface area (Å²) in [5.74, 6) is -0.484. The van der Waals surface area contributed by atoms with Gasteiger partial charge in [-0.2, -0.15) is 4.39 Å². The number of hydrogen-bond acceptors (Lipinski definition) is 3. The van der Waals surface area contributed by atoms with Crippen molar-refractivity contribution in [2.24, 2.45) is 5.73 Å². The molecule has 1 fully saturated rings. The molecule has 1 saturated heterocycles. The Hall–Kier alpha value is -1.00. The Labute approximate surface area is 69.4 Å². The van der Waals surface area contributed by atoms with E-state index in [2.05, 4.69) is 4.98 Å². The first kappa shape index (κ1) is 7.64. The Bertz CT molecular complexity index is 282. The lowest BCUT2D eigenvalue weighted by Gasteiger charge is -2.37. The third kappa shape index (κ3) is 1.09. The minimum absolute atomic E-state index is 0.444. The fourth-order valence-corrected chi connectivity index (χ4v) is 1.16. The molecule has 2 rings (SSSR count). The maximum atomic E-state index is 12.4. The Balaban J connectivity index is 2.28. The van der Waals surface area contributed by atoms with Gasteiger partial charge in [-0.05, 0) is 11.6 Å². The highest BCUT2D eigenvalue weighted by atomic mass is 19.1. The van der Waals surface area contributed by atoms with Gasteiger partial charge in [0.2, 0.25) is 5.95 Å². The maximum Gasteiger partial charge on any atom is 0.212 e. The van der Waals surface area contributed by atoms with E-state index in [1.807, 2.05) is 0 Å². The molecule has 2 N–H and O–H groups in total. The number of ether oxygens (including phenoxy) is 1. The van der Waals surface area contributed by atoms with E-state index in [-0.39, 0.29) is 0 Å². The molecule has 0 amide bonds. The van der Waals surface area contributed by atoms with Gasteiger partial charge in [0, 0.05) is 6.20 Å². The molecule has 1 aliphatic heterocycles. The highest BCUT2D eigenvalue weighted by molar-refractivity contribution is 5.22. The minimum atomic E-state index is -0.484. The molecular weight excluding hydrogens is 159 g/mol. The lowest BCUT2D eigenvalue weighted by Crippen LogP contribution is -2.54. The third-order valence-corrected chi connectivity index (χ3v) is 2.02. The summed E-state index contributed by atoms with van der Waals surface area (Å²) in [4.78, 5) is 3.53. The van der Waals surface area contributed by atoms with Crippen molar-refractivity contribution in [3.8, 4) is 0 Å². The quantitative estimate of drug-likeness (QED) is 0.617. The molecule has 3 nitrogen and oxygen atoms in total. The van der Waals surface area contributed by atoms with Gasteiger partial charge in [-0.3, -0.25) is 0 Å². The Kier molecular flexibility index (Phi) is 1.59. The van der Waals surface area contributed by atoms with Crippen LogP contribution in [0.15, 0.2) is 18.3 Å².